The lowest BCUT2D eigenvalue weighted by atomic mass is 10.3. The molecule has 0 amide bonds. The van der Waals surface area contributed by atoms with Gasteiger partial charge in [-0.1, -0.05) is 19.9 Å². The first-order chi connectivity index (χ1) is 5.20. The van der Waals surface area contributed by atoms with Gasteiger partial charge in [-0.3, -0.25) is 0 Å². The van der Waals surface area contributed by atoms with Gasteiger partial charge in [0.1, 0.15) is 4.60 Å². The number of halogens is 1. The van der Waals surface area contributed by atoms with E-state index in [1.165, 1.54) is 5.56 Å². The number of aryl methyl sites for hydroxylation is 2. The molecule has 0 spiro atoms. The maximum absolute atomic E-state index is 4.19. The van der Waals surface area contributed by atoms with E-state index in [1.807, 2.05) is 39.8 Å². The van der Waals surface area contributed by atoms with E-state index in [0.29, 0.717) is 0 Å². The van der Waals surface area contributed by atoms with E-state index in [1.54, 1.807) is 0 Å². The molecule has 1 aromatic rings. The molecule has 0 saturated carbocycles. The Morgan fingerprint density at radius 2 is 1.73 bits per heavy atom. The molecule has 0 atom stereocenters. The van der Waals surface area contributed by atoms with Crippen LogP contribution in [0.1, 0.15) is 25.1 Å². The third-order valence-electron chi connectivity index (χ3n) is 1.17. The molecular formula is C9H14BrN. The Hall–Kier alpha value is -0.370. The topological polar surface area (TPSA) is 12.9 Å². The van der Waals surface area contributed by atoms with Crippen molar-refractivity contribution in [1.82, 2.24) is 4.98 Å². The maximum Gasteiger partial charge on any atom is 0.109 e. The average Bonchev–Trinajstić information content (AvgIpc) is 2.02. The SMILES string of the molecule is CC.Cc1ccc(C)c(Br)n1. The first-order valence-electron chi connectivity index (χ1n) is 3.80. The zero-order chi connectivity index (χ0) is 8.85. The van der Waals surface area contributed by atoms with Crippen LogP contribution in [0.5, 0.6) is 0 Å². The van der Waals surface area contributed by atoms with Crippen molar-refractivity contribution >= 4 is 15.9 Å². The van der Waals surface area contributed by atoms with Crippen LogP contribution >= 0.6 is 15.9 Å². The molecule has 1 nitrogen and oxygen atoms in total. The van der Waals surface area contributed by atoms with Crippen molar-refractivity contribution in [3.8, 4) is 0 Å². The van der Waals surface area contributed by atoms with Crippen molar-refractivity contribution in [2.45, 2.75) is 27.7 Å². The summed E-state index contributed by atoms with van der Waals surface area (Å²) in [5.74, 6) is 0. The van der Waals surface area contributed by atoms with Crippen molar-refractivity contribution in [1.29, 1.82) is 0 Å². The first-order valence-corrected chi connectivity index (χ1v) is 4.59. The van der Waals surface area contributed by atoms with Gasteiger partial charge in [0.05, 0.1) is 0 Å². The Labute approximate surface area is 77.0 Å². The average molecular weight is 216 g/mol. The highest BCUT2D eigenvalue weighted by Gasteiger charge is 1.92. The van der Waals surface area contributed by atoms with Gasteiger partial charge in [0.2, 0.25) is 0 Å². The van der Waals surface area contributed by atoms with E-state index in [2.05, 4.69) is 20.9 Å². The van der Waals surface area contributed by atoms with Gasteiger partial charge in [-0.05, 0) is 41.4 Å². The molecule has 2 heteroatoms. The second-order valence-electron chi connectivity index (χ2n) is 2.06. The van der Waals surface area contributed by atoms with Gasteiger partial charge in [0.25, 0.3) is 0 Å². The molecule has 0 aromatic carbocycles. The van der Waals surface area contributed by atoms with Crippen LogP contribution in [0.4, 0.5) is 0 Å². The summed E-state index contributed by atoms with van der Waals surface area (Å²) in [5, 5.41) is 0. The molecule has 1 aromatic heterocycles. The van der Waals surface area contributed by atoms with Gasteiger partial charge in [-0.15, -0.1) is 0 Å². The summed E-state index contributed by atoms with van der Waals surface area (Å²) in [7, 11) is 0. The quantitative estimate of drug-likeness (QED) is 0.605. The third kappa shape index (κ3) is 3.51. The predicted molar refractivity (Wildman–Crippen MR) is 52.8 cm³/mol. The molecule has 0 unspecified atom stereocenters. The Morgan fingerprint density at radius 3 is 2.09 bits per heavy atom. The summed E-state index contributed by atoms with van der Waals surface area (Å²) in [6, 6.07) is 4.05. The largest absolute Gasteiger partial charge is 0.246 e. The van der Waals surface area contributed by atoms with E-state index in [-0.39, 0.29) is 0 Å². The molecule has 11 heavy (non-hydrogen) atoms. The van der Waals surface area contributed by atoms with Crippen LogP contribution in [0.3, 0.4) is 0 Å². The summed E-state index contributed by atoms with van der Waals surface area (Å²) >= 11 is 3.33. The summed E-state index contributed by atoms with van der Waals surface area (Å²) in [6.45, 7) is 8.00. The van der Waals surface area contributed by atoms with Crippen LogP contribution in [0.15, 0.2) is 16.7 Å². The van der Waals surface area contributed by atoms with Gasteiger partial charge >= 0.3 is 0 Å². The molecule has 0 bridgehead atoms. The van der Waals surface area contributed by atoms with E-state index in [4.69, 9.17) is 0 Å². The molecule has 1 rings (SSSR count). The minimum atomic E-state index is 0.947. The fraction of sp³-hybridized carbons (Fsp3) is 0.444. The van der Waals surface area contributed by atoms with E-state index < -0.39 is 0 Å². The van der Waals surface area contributed by atoms with Gasteiger partial charge in [-0.2, -0.15) is 0 Å². The van der Waals surface area contributed by atoms with E-state index >= 15 is 0 Å². The van der Waals surface area contributed by atoms with Crippen molar-refractivity contribution in [2.75, 3.05) is 0 Å². The Bertz CT molecular complexity index is 221. The molecule has 0 aliphatic heterocycles. The number of hydrogen-bond acceptors (Lipinski definition) is 1. The number of rotatable bonds is 0. The summed E-state index contributed by atoms with van der Waals surface area (Å²) in [6.07, 6.45) is 0. The fourth-order valence-electron chi connectivity index (χ4n) is 0.595. The van der Waals surface area contributed by atoms with Crippen LogP contribution < -0.4 is 0 Å². The number of hydrogen-bond donors (Lipinski definition) is 0. The zero-order valence-corrected chi connectivity index (χ0v) is 9.07. The standard InChI is InChI=1S/C7H8BrN.C2H6/c1-5-3-4-6(2)9-7(5)8;1-2/h3-4H,1-2H3;1-2H3. The number of aromatic nitrogens is 1. The molecule has 1 heterocycles. The molecule has 0 saturated heterocycles. The highest BCUT2D eigenvalue weighted by molar-refractivity contribution is 9.10. The molecule has 62 valence electrons. The molecular weight excluding hydrogens is 202 g/mol. The summed E-state index contributed by atoms with van der Waals surface area (Å²) < 4.78 is 0.947. The lowest BCUT2D eigenvalue weighted by Crippen LogP contribution is -1.83. The zero-order valence-electron chi connectivity index (χ0n) is 7.48. The Morgan fingerprint density at radius 1 is 1.18 bits per heavy atom. The van der Waals surface area contributed by atoms with Crippen molar-refractivity contribution in [3.63, 3.8) is 0 Å². The minimum Gasteiger partial charge on any atom is -0.246 e. The third-order valence-corrected chi connectivity index (χ3v) is 1.98. The molecule has 0 aliphatic rings. The number of pyridine rings is 1. The molecule has 0 fully saturated rings. The highest BCUT2D eigenvalue weighted by Crippen LogP contribution is 2.11. The fourth-order valence-corrected chi connectivity index (χ4v) is 1.01. The minimum absolute atomic E-state index is 0.947. The van der Waals surface area contributed by atoms with Crippen LogP contribution in [-0.2, 0) is 0 Å². The summed E-state index contributed by atoms with van der Waals surface area (Å²) in [5.41, 5.74) is 2.23. The lowest BCUT2D eigenvalue weighted by molar-refractivity contribution is 1.13. The van der Waals surface area contributed by atoms with Crippen molar-refractivity contribution in [2.24, 2.45) is 0 Å². The van der Waals surface area contributed by atoms with Crippen LogP contribution in [0.25, 0.3) is 0 Å². The van der Waals surface area contributed by atoms with E-state index in [9.17, 15) is 0 Å². The second kappa shape index (κ2) is 5.30. The Kier molecular flexibility index (Phi) is 5.12. The smallest absolute Gasteiger partial charge is 0.109 e. The highest BCUT2D eigenvalue weighted by atomic mass is 79.9. The lowest BCUT2D eigenvalue weighted by Gasteiger charge is -1.95. The van der Waals surface area contributed by atoms with Crippen molar-refractivity contribution < 1.29 is 0 Å². The monoisotopic (exact) mass is 215 g/mol. The van der Waals surface area contributed by atoms with E-state index in [0.717, 1.165) is 10.3 Å². The normalized spacial score (nSPS) is 8.45. The number of nitrogens with zero attached hydrogens (tertiary/aromatic N) is 1. The van der Waals surface area contributed by atoms with Crippen LogP contribution in [0.2, 0.25) is 0 Å². The first kappa shape index (κ1) is 10.6. The molecule has 0 aliphatic carbocycles. The maximum atomic E-state index is 4.19. The Balaban J connectivity index is 0.000000461. The van der Waals surface area contributed by atoms with Gasteiger partial charge < -0.3 is 0 Å². The van der Waals surface area contributed by atoms with Crippen LogP contribution in [0, 0.1) is 13.8 Å². The van der Waals surface area contributed by atoms with Gasteiger partial charge in [0, 0.05) is 5.69 Å². The predicted octanol–water partition coefficient (Wildman–Crippen LogP) is 3.49. The van der Waals surface area contributed by atoms with Crippen LogP contribution in [-0.4, -0.2) is 4.98 Å². The molecule has 0 N–H and O–H groups in total. The van der Waals surface area contributed by atoms with Crippen molar-refractivity contribution in [3.05, 3.63) is 28.0 Å². The molecule has 0 radical (unpaired) electrons. The second-order valence-corrected chi connectivity index (χ2v) is 2.81. The summed E-state index contributed by atoms with van der Waals surface area (Å²) in [4.78, 5) is 4.19. The van der Waals surface area contributed by atoms with Gasteiger partial charge in [-0.25, -0.2) is 4.98 Å². The van der Waals surface area contributed by atoms with Gasteiger partial charge in [0.15, 0.2) is 0 Å².